The van der Waals surface area contributed by atoms with E-state index in [1.165, 1.54) is 0 Å². The van der Waals surface area contributed by atoms with Crippen LogP contribution in [0.2, 0.25) is 0 Å². The van der Waals surface area contributed by atoms with Gasteiger partial charge in [-0.2, -0.15) is 9.98 Å². The average molecular weight is 221 g/mol. The molecule has 0 radical (unpaired) electrons. The average Bonchev–Trinajstić information content (AvgIpc) is 2.17. The summed E-state index contributed by atoms with van der Waals surface area (Å²) in [6.45, 7) is 1.88. The van der Waals surface area contributed by atoms with Gasteiger partial charge in [0.05, 0.1) is 16.0 Å². The van der Waals surface area contributed by atoms with Gasteiger partial charge in [-0.15, -0.1) is 0 Å². The fourth-order valence-electron chi connectivity index (χ4n) is 1.05. The third-order valence-corrected chi connectivity index (χ3v) is 1.88. The highest BCUT2D eigenvalue weighted by Crippen LogP contribution is 2.36. The van der Waals surface area contributed by atoms with E-state index in [4.69, 9.17) is 5.73 Å². The van der Waals surface area contributed by atoms with Crippen LogP contribution in [0.1, 0.15) is 5.56 Å². The predicted octanol–water partition coefficient (Wildman–Crippen LogP) is 3.05. The second kappa shape index (κ2) is 4.74. The van der Waals surface area contributed by atoms with Crippen LogP contribution in [0, 0.1) is 6.92 Å². The molecule has 0 unspecified atom stereocenters. The van der Waals surface area contributed by atoms with Crippen molar-refractivity contribution in [2.24, 2.45) is 9.98 Å². The van der Waals surface area contributed by atoms with Crippen molar-refractivity contribution in [3.8, 4) is 0 Å². The zero-order valence-electron chi connectivity index (χ0n) is 7.44. The van der Waals surface area contributed by atoms with Crippen molar-refractivity contribution < 1.29 is 0 Å². The summed E-state index contributed by atoms with van der Waals surface area (Å²) >= 11 is 9.06. The Labute approximate surface area is 92.4 Å². The molecule has 0 bridgehead atoms. The number of anilines is 1. The first kappa shape index (κ1) is 10.7. The monoisotopic (exact) mass is 221 g/mol. The number of hydrogen-bond acceptors (Lipinski definition) is 5. The molecule has 70 valence electrons. The van der Waals surface area contributed by atoms with Gasteiger partial charge < -0.3 is 5.73 Å². The lowest BCUT2D eigenvalue weighted by Gasteiger charge is -2.04. The highest BCUT2D eigenvalue weighted by molar-refractivity contribution is 7.78. The number of rotatable bonds is 2. The fourth-order valence-corrected chi connectivity index (χ4v) is 1.23. The molecule has 1 rings (SSSR count). The Morgan fingerprint density at radius 2 is 1.71 bits per heavy atom. The number of aliphatic imine (C=N–C) groups is 2. The summed E-state index contributed by atoms with van der Waals surface area (Å²) in [6, 6.07) is 3.58. The lowest BCUT2D eigenvalue weighted by atomic mass is 10.1. The number of benzene rings is 1. The minimum Gasteiger partial charge on any atom is -0.397 e. The van der Waals surface area contributed by atoms with Crippen LogP contribution in [-0.2, 0) is 0 Å². The quantitative estimate of drug-likeness (QED) is 0.474. The Balaban J connectivity index is 3.56. The number of aryl methyl sites for hydroxylation is 1. The molecule has 0 fully saturated rings. The number of hydrogen-bond donors (Lipinski definition) is 1. The largest absolute Gasteiger partial charge is 0.397 e. The number of thiocarbonyl (C=S) groups is 2. The van der Waals surface area contributed by atoms with Crippen LogP contribution >= 0.6 is 24.4 Å². The molecule has 14 heavy (non-hydrogen) atoms. The number of nitrogens with two attached hydrogens (primary N) is 1. The predicted molar refractivity (Wildman–Crippen MR) is 65.0 cm³/mol. The van der Waals surface area contributed by atoms with Crippen molar-refractivity contribution in [2.75, 3.05) is 5.73 Å². The maximum atomic E-state index is 5.70. The van der Waals surface area contributed by atoms with Gasteiger partial charge in [0.15, 0.2) is 0 Å². The molecule has 3 nitrogen and oxygen atoms in total. The first-order chi connectivity index (χ1) is 6.70. The molecule has 2 N–H and O–H groups in total. The normalized spacial score (nSPS) is 8.64. The second-order valence-corrected chi connectivity index (χ2v) is 2.94. The highest BCUT2D eigenvalue weighted by atomic mass is 32.1. The van der Waals surface area contributed by atoms with Crippen molar-refractivity contribution in [3.63, 3.8) is 0 Å². The summed E-state index contributed by atoms with van der Waals surface area (Å²) in [5.41, 5.74) is 8.21. The number of nitrogen functional groups attached to an aromatic ring is 1. The first-order valence-corrected chi connectivity index (χ1v) is 4.57. The molecule has 0 aromatic heterocycles. The van der Waals surface area contributed by atoms with E-state index >= 15 is 0 Å². The van der Waals surface area contributed by atoms with Crippen molar-refractivity contribution in [1.82, 2.24) is 0 Å². The molecule has 0 heterocycles. The van der Waals surface area contributed by atoms with Crippen molar-refractivity contribution in [1.29, 1.82) is 0 Å². The molecule has 0 saturated carbocycles. The van der Waals surface area contributed by atoms with Crippen molar-refractivity contribution in [2.45, 2.75) is 6.92 Å². The Bertz CT molecular complexity index is 412. The minimum absolute atomic E-state index is 0.497. The lowest BCUT2D eigenvalue weighted by molar-refractivity contribution is 1.38. The van der Waals surface area contributed by atoms with E-state index in [-0.39, 0.29) is 0 Å². The van der Waals surface area contributed by atoms with Gasteiger partial charge >= 0.3 is 0 Å². The van der Waals surface area contributed by atoms with Crippen LogP contribution in [-0.4, -0.2) is 10.3 Å². The van der Waals surface area contributed by atoms with Gasteiger partial charge in [-0.1, -0.05) is 6.07 Å². The van der Waals surface area contributed by atoms with Gasteiger partial charge in [-0.25, -0.2) is 0 Å². The van der Waals surface area contributed by atoms with Gasteiger partial charge in [0, 0.05) is 0 Å². The van der Waals surface area contributed by atoms with Crippen molar-refractivity contribution >= 4 is 51.8 Å². The number of isothiocyanates is 2. The van der Waals surface area contributed by atoms with E-state index < -0.39 is 0 Å². The Kier molecular flexibility index (Phi) is 3.63. The maximum Gasteiger partial charge on any atom is 0.124 e. The van der Waals surface area contributed by atoms with E-state index in [0.717, 1.165) is 5.56 Å². The third kappa shape index (κ3) is 2.10. The van der Waals surface area contributed by atoms with Crippen LogP contribution in [0.3, 0.4) is 0 Å². The van der Waals surface area contributed by atoms with E-state index in [1.54, 1.807) is 6.07 Å². The van der Waals surface area contributed by atoms with Crippen LogP contribution in [0.15, 0.2) is 22.1 Å². The first-order valence-electron chi connectivity index (χ1n) is 3.75. The summed E-state index contributed by atoms with van der Waals surface area (Å²) in [6.07, 6.45) is 0. The molecule has 0 aliphatic carbocycles. The van der Waals surface area contributed by atoms with Crippen LogP contribution < -0.4 is 5.73 Å². The molecule has 0 aliphatic heterocycles. The molecule has 5 heteroatoms. The summed E-state index contributed by atoms with van der Waals surface area (Å²) in [4.78, 5) is 7.74. The summed E-state index contributed by atoms with van der Waals surface area (Å²) in [7, 11) is 0. The van der Waals surface area contributed by atoms with Crippen LogP contribution in [0.25, 0.3) is 0 Å². The Hall–Kier alpha value is -1.38. The van der Waals surface area contributed by atoms with Crippen LogP contribution in [0.4, 0.5) is 17.1 Å². The molecule has 0 atom stereocenters. The molecule has 0 amide bonds. The zero-order valence-corrected chi connectivity index (χ0v) is 9.08. The molecule has 0 aliphatic rings. The lowest BCUT2D eigenvalue weighted by Crippen LogP contribution is -1.87. The fraction of sp³-hybridized carbons (Fsp3) is 0.111. The molecule has 1 aromatic carbocycles. The van der Waals surface area contributed by atoms with E-state index in [2.05, 4.69) is 44.7 Å². The molecular weight excluding hydrogens is 214 g/mol. The maximum absolute atomic E-state index is 5.70. The molecule has 0 saturated heterocycles. The smallest absolute Gasteiger partial charge is 0.124 e. The summed E-state index contributed by atoms with van der Waals surface area (Å²) in [5.74, 6) is 0. The molecular formula is C9H7N3S2. The Morgan fingerprint density at radius 1 is 1.14 bits per heavy atom. The molecule has 0 spiro atoms. The standard InChI is InChI=1S/C9H7N3S2/c1-6-2-3-7(10)9(12-5-14)8(6)11-4-13/h2-3H,10H2,1H3. The van der Waals surface area contributed by atoms with Gasteiger partial charge in [0.2, 0.25) is 0 Å². The van der Waals surface area contributed by atoms with E-state index in [1.807, 2.05) is 13.0 Å². The summed E-state index contributed by atoms with van der Waals surface area (Å²) < 4.78 is 0. The van der Waals surface area contributed by atoms with Gasteiger partial charge in [-0.05, 0) is 43.0 Å². The van der Waals surface area contributed by atoms with Crippen LogP contribution in [0.5, 0.6) is 0 Å². The SMILES string of the molecule is Cc1ccc(N)c(N=C=S)c1N=C=S. The van der Waals surface area contributed by atoms with E-state index in [9.17, 15) is 0 Å². The van der Waals surface area contributed by atoms with Crippen molar-refractivity contribution in [3.05, 3.63) is 17.7 Å². The third-order valence-electron chi connectivity index (χ3n) is 1.70. The zero-order chi connectivity index (χ0) is 10.6. The summed E-state index contributed by atoms with van der Waals surface area (Å²) in [5, 5.41) is 4.54. The molecule has 1 aromatic rings. The topological polar surface area (TPSA) is 50.7 Å². The van der Waals surface area contributed by atoms with E-state index in [0.29, 0.717) is 17.1 Å². The minimum atomic E-state index is 0.497. The Morgan fingerprint density at radius 3 is 2.29 bits per heavy atom. The highest BCUT2D eigenvalue weighted by Gasteiger charge is 2.07. The van der Waals surface area contributed by atoms with Gasteiger partial charge in [0.1, 0.15) is 11.4 Å². The second-order valence-electron chi connectivity index (χ2n) is 2.58. The van der Waals surface area contributed by atoms with Gasteiger partial charge in [0.25, 0.3) is 0 Å². The number of nitrogens with zero attached hydrogens (tertiary/aromatic N) is 2. The van der Waals surface area contributed by atoms with Gasteiger partial charge in [-0.3, -0.25) is 0 Å².